The van der Waals surface area contributed by atoms with Crippen molar-refractivity contribution in [2.45, 2.75) is 6.54 Å². The molecule has 100 valence electrons. The van der Waals surface area contributed by atoms with Gasteiger partial charge in [0.15, 0.2) is 0 Å². The lowest BCUT2D eigenvalue weighted by Crippen LogP contribution is -2.21. The van der Waals surface area contributed by atoms with Crippen LogP contribution in [0, 0.1) is 0 Å². The highest BCUT2D eigenvalue weighted by Gasteiger charge is 2.13. The number of rotatable bonds is 5. The highest BCUT2D eigenvalue weighted by atomic mass is 32.2. The van der Waals surface area contributed by atoms with E-state index in [0.29, 0.717) is 11.3 Å². The highest BCUT2D eigenvalue weighted by molar-refractivity contribution is 7.88. The van der Waals surface area contributed by atoms with Gasteiger partial charge in [0.2, 0.25) is 10.0 Å². The van der Waals surface area contributed by atoms with Crippen LogP contribution in [0.5, 0.6) is 5.75 Å². The Hall–Kier alpha value is -1.60. The second-order valence-electron chi connectivity index (χ2n) is 3.62. The predicted molar refractivity (Wildman–Crippen MR) is 66.0 cm³/mol. The number of nitrogens with one attached hydrogen (secondary N) is 1. The maximum Gasteiger partial charge on any atom is 0.341 e. The van der Waals surface area contributed by atoms with Crippen LogP contribution in [0.15, 0.2) is 18.2 Å². The van der Waals surface area contributed by atoms with Crippen LogP contribution in [0.25, 0.3) is 0 Å². The van der Waals surface area contributed by atoms with Crippen molar-refractivity contribution >= 4 is 16.0 Å². The lowest BCUT2D eigenvalue weighted by atomic mass is 10.1. The number of hydrogen-bond acceptors (Lipinski definition) is 5. The number of esters is 1. The van der Waals surface area contributed by atoms with Gasteiger partial charge in [-0.3, -0.25) is 0 Å². The van der Waals surface area contributed by atoms with Gasteiger partial charge < -0.3 is 9.47 Å². The van der Waals surface area contributed by atoms with E-state index in [2.05, 4.69) is 9.46 Å². The Morgan fingerprint density at radius 1 is 1.33 bits per heavy atom. The molecule has 0 atom stereocenters. The number of methoxy groups -OCH3 is 2. The monoisotopic (exact) mass is 273 g/mol. The van der Waals surface area contributed by atoms with Gasteiger partial charge in [0.25, 0.3) is 0 Å². The summed E-state index contributed by atoms with van der Waals surface area (Å²) < 4.78 is 33.9. The van der Waals surface area contributed by atoms with Crippen LogP contribution in [0.3, 0.4) is 0 Å². The van der Waals surface area contributed by atoms with Crippen molar-refractivity contribution in [2.75, 3.05) is 20.5 Å². The molecule has 18 heavy (non-hydrogen) atoms. The molecule has 0 aliphatic rings. The molecule has 1 aromatic rings. The molecule has 1 aromatic carbocycles. The zero-order valence-electron chi connectivity index (χ0n) is 10.4. The highest BCUT2D eigenvalue weighted by Crippen LogP contribution is 2.20. The Bertz CT molecular complexity index is 538. The molecule has 7 heteroatoms. The van der Waals surface area contributed by atoms with Crippen LogP contribution in [0.1, 0.15) is 15.9 Å². The third-order valence-electron chi connectivity index (χ3n) is 2.21. The number of carbonyl (C=O) groups excluding carboxylic acids is 1. The number of carbonyl (C=O) groups is 1. The second-order valence-corrected chi connectivity index (χ2v) is 5.45. The maximum atomic E-state index is 11.5. The molecule has 0 saturated heterocycles. The molecule has 0 spiro atoms. The van der Waals surface area contributed by atoms with E-state index in [1.807, 2.05) is 0 Å². The van der Waals surface area contributed by atoms with E-state index in [1.54, 1.807) is 12.1 Å². The van der Waals surface area contributed by atoms with Crippen molar-refractivity contribution in [3.8, 4) is 5.75 Å². The molecule has 1 N–H and O–H groups in total. The second kappa shape index (κ2) is 5.83. The molecule has 1 rings (SSSR count). The fourth-order valence-corrected chi connectivity index (χ4v) is 1.78. The average molecular weight is 273 g/mol. The number of hydrogen-bond donors (Lipinski definition) is 1. The minimum Gasteiger partial charge on any atom is -0.496 e. The molecule has 0 aliphatic heterocycles. The molecule has 0 aromatic heterocycles. The predicted octanol–water partition coefficient (Wildman–Crippen LogP) is 0.531. The summed E-state index contributed by atoms with van der Waals surface area (Å²) in [6.45, 7) is 0.104. The summed E-state index contributed by atoms with van der Waals surface area (Å²) in [7, 11) is -0.566. The van der Waals surface area contributed by atoms with Gasteiger partial charge in [0.05, 0.1) is 20.5 Å². The Kier molecular flexibility index (Phi) is 4.69. The summed E-state index contributed by atoms with van der Waals surface area (Å²) in [4.78, 5) is 11.5. The van der Waals surface area contributed by atoms with Crippen LogP contribution in [0.2, 0.25) is 0 Å². The Morgan fingerprint density at radius 3 is 2.50 bits per heavy atom. The molecule has 0 saturated carbocycles. The summed E-state index contributed by atoms with van der Waals surface area (Å²) in [6, 6.07) is 4.79. The standard InChI is InChI=1S/C11H15NO5S/c1-16-10-5-4-8(7-12-18(3,14)15)6-9(10)11(13)17-2/h4-6,12H,7H2,1-3H3. The van der Waals surface area contributed by atoms with Crippen molar-refractivity contribution in [3.63, 3.8) is 0 Å². The smallest absolute Gasteiger partial charge is 0.341 e. The zero-order chi connectivity index (χ0) is 13.8. The van der Waals surface area contributed by atoms with Crippen molar-refractivity contribution in [2.24, 2.45) is 0 Å². The van der Waals surface area contributed by atoms with E-state index in [1.165, 1.54) is 20.3 Å². The van der Waals surface area contributed by atoms with Gasteiger partial charge >= 0.3 is 5.97 Å². The van der Waals surface area contributed by atoms with Crippen LogP contribution < -0.4 is 9.46 Å². The van der Waals surface area contributed by atoms with E-state index in [0.717, 1.165) is 6.26 Å². The quantitative estimate of drug-likeness (QED) is 0.791. The molecular weight excluding hydrogens is 258 g/mol. The van der Waals surface area contributed by atoms with Gasteiger partial charge in [0, 0.05) is 6.54 Å². The normalized spacial score (nSPS) is 11.1. The lowest BCUT2D eigenvalue weighted by molar-refractivity contribution is 0.0597. The van der Waals surface area contributed by atoms with Crippen LogP contribution in [-0.4, -0.2) is 34.9 Å². The topological polar surface area (TPSA) is 81.7 Å². The largest absolute Gasteiger partial charge is 0.496 e. The fraction of sp³-hybridized carbons (Fsp3) is 0.364. The summed E-state index contributed by atoms with van der Waals surface area (Å²) in [5.41, 5.74) is 0.898. The van der Waals surface area contributed by atoms with Gasteiger partial charge in [-0.25, -0.2) is 17.9 Å². The Morgan fingerprint density at radius 2 is 2.00 bits per heavy atom. The van der Waals surface area contributed by atoms with Crippen LogP contribution in [-0.2, 0) is 21.3 Å². The van der Waals surface area contributed by atoms with Gasteiger partial charge in [-0.1, -0.05) is 6.07 Å². The summed E-state index contributed by atoms with van der Waals surface area (Å²) >= 11 is 0. The molecule has 0 amide bonds. The van der Waals surface area contributed by atoms with Gasteiger partial charge in [-0.15, -0.1) is 0 Å². The minimum absolute atomic E-state index is 0.104. The van der Waals surface area contributed by atoms with E-state index in [-0.39, 0.29) is 12.1 Å². The van der Waals surface area contributed by atoms with Crippen molar-refractivity contribution < 1.29 is 22.7 Å². The van der Waals surface area contributed by atoms with Crippen LogP contribution >= 0.6 is 0 Å². The summed E-state index contributed by atoms with van der Waals surface area (Å²) in [5, 5.41) is 0. The Labute approximate surface area is 106 Å². The maximum absolute atomic E-state index is 11.5. The number of sulfonamides is 1. The van der Waals surface area contributed by atoms with Crippen molar-refractivity contribution in [1.29, 1.82) is 0 Å². The summed E-state index contributed by atoms with van der Waals surface area (Å²) in [6.07, 6.45) is 1.07. The molecule has 0 bridgehead atoms. The molecule has 0 heterocycles. The molecule has 0 aliphatic carbocycles. The third-order valence-corrected chi connectivity index (χ3v) is 2.88. The van der Waals surface area contributed by atoms with E-state index in [4.69, 9.17) is 4.74 Å². The minimum atomic E-state index is -3.27. The first-order valence-corrected chi connectivity index (χ1v) is 6.96. The van der Waals surface area contributed by atoms with Crippen molar-refractivity contribution in [1.82, 2.24) is 4.72 Å². The molecular formula is C11H15NO5S. The van der Waals surface area contributed by atoms with Crippen molar-refractivity contribution in [3.05, 3.63) is 29.3 Å². The summed E-state index contributed by atoms with van der Waals surface area (Å²) in [5.74, 6) is -0.155. The first-order valence-electron chi connectivity index (χ1n) is 5.07. The van der Waals surface area contributed by atoms with Gasteiger partial charge in [0.1, 0.15) is 11.3 Å². The lowest BCUT2D eigenvalue weighted by Gasteiger charge is -2.09. The van der Waals surface area contributed by atoms with Crippen LogP contribution in [0.4, 0.5) is 0 Å². The number of ether oxygens (including phenoxy) is 2. The fourth-order valence-electron chi connectivity index (χ4n) is 1.35. The molecule has 0 unspecified atom stereocenters. The zero-order valence-corrected chi connectivity index (χ0v) is 11.2. The van der Waals surface area contributed by atoms with E-state index < -0.39 is 16.0 Å². The SMILES string of the molecule is COC(=O)c1cc(CNS(C)(=O)=O)ccc1OC. The van der Waals surface area contributed by atoms with Gasteiger partial charge in [-0.05, 0) is 17.7 Å². The van der Waals surface area contributed by atoms with E-state index in [9.17, 15) is 13.2 Å². The molecule has 0 fully saturated rings. The van der Waals surface area contributed by atoms with E-state index >= 15 is 0 Å². The first-order chi connectivity index (χ1) is 8.37. The van der Waals surface area contributed by atoms with Gasteiger partial charge in [-0.2, -0.15) is 0 Å². The molecule has 0 radical (unpaired) electrons. The molecule has 6 nitrogen and oxygen atoms in total. The number of benzene rings is 1. The average Bonchev–Trinajstić information content (AvgIpc) is 2.34. The third kappa shape index (κ3) is 4.01. The Balaban J connectivity index is 2.99. The first kappa shape index (κ1) is 14.5.